The van der Waals surface area contributed by atoms with Gasteiger partial charge < -0.3 is 14.0 Å². The Morgan fingerprint density at radius 3 is 2.75 bits per heavy atom. The predicted octanol–water partition coefficient (Wildman–Crippen LogP) is 3.55. The van der Waals surface area contributed by atoms with Crippen molar-refractivity contribution in [2.45, 2.75) is 11.6 Å². The molecule has 4 rings (SSSR count). The van der Waals surface area contributed by atoms with Gasteiger partial charge >= 0.3 is 0 Å². The zero-order chi connectivity index (χ0) is 16.4. The molecular formula is C18H17N3O2S. The number of fused-ring (bicyclic) bond motifs is 1. The van der Waals surface area contributed by atoms with Crippen molar-refractivity contribution in [2.24, 2.45) is 7.05 Å². The fraction of sp³-hybridized carbons (Fsp3) is 0.222. The average Bonchev–Trinajstić information content (AvgIpc) is 3.22. The fourth-order valence-electron chi connectivity index (χ4n) is 2.63. The monoisotopic (exact) mass is 339 g/mol. The molecule has 0 atom stereocenters. The van der Waals surface area contributed by atoms with Gasteiger partial charge in [0.15, 0.2) is 22.5 Å². The second-order valence-electron chi connectivity index (χ2n) is 5.52. The van der Waals surface area contributed by atoms with Crippen molar-refractivity contribution in [1.82, 2.24) is 14.8 Å². The van der Waals surface area contributed by atoms with E-state index >= 15 is 0 Å². The van der Waals surface area contributed by atoms with Gasteiger partial charge in [0.25, 0.3) is 0 Å². The number of ether oxygens (including phenoxy) is 2. The first kappa shape index (κ1) is 15.1. The smallest absolute Gasteiger partial charge is 0.231 e. The summed E-state index contributed by atoms with van der Waals surface area (Å²) in [5.41, 5.74) is 2.31. The van der Waals surface area contributed by atoms with Crippen LogP contribution in [0.15, 0.2) is 53.7 Å². The summed E-state index contributed by atoms with van der Waals surface area (Å²) in [6.45, 7) is 0.276. The molecule has 0 spiro atoms. The topological polar surface area (TPSA) is 49.2 Å². The molecule has 0 radical (unpaired) electrons. The Balaban J connectivity index is 1.47. The molecular weight excluding hydrogens is 322 g/mol. The molecule has 3 aromatic rings. The van der Waals surface area contributed by atoms with E-state index in [1.54, 1.807) is 11.8 Å². The molecule has 1 aromatic heterocycles. The molecule has 0 fully saturated rings. The molecule has 122 valence electrons. The van der Waals surface area contributed by atoms with E-state index in [0.717, 1.165) is 40.2 Å². The minimum absolute atomic E-state index is 0.276. The van der Waals surface area contributed by atoms with Gasteiger partial charge in [0.05, 0.1) is 0 Å². The van der Waals surface area contributed by atoms with Crippen molar-refractivity contribution in [3.05, 3.63) is 54.1 Å². The SMILES string of the molecule is Cn1c(SCCc2ccccc2)nnc1-c1ccc2c(c1)OCO2. The Morgan fingerprint density at radius 2 is 1.88 bits per heavy atom. The fourth-order valence-corrected chi connectivity index (χ4v) is 3.53. The number of thioether (sulfide) groups is 1. The Hall–Kier alpha value is -2.47. The summed E-state index contributed by atoms with van der Waals surface area (Å²) in [6.07, 6.45) is 1.01. The second-order valence-corrected chi connectivity index (χ2v) is 6.58. The van der Waals surface area contributed by atoms with Crippen molar-refractivity contribution in [3.63, 3.8) is 0 Å². The molecule has 0 unspecified atom stereocenters. The molecule has 0 N–H and O–H groups in total. The van der Waals surface area contributed by atoms with E-state index < -0.39 is 0 Å². The van der Waals surface area contributed by atoms with Crippen LogP contribution in [-0.4, -0.2) is 27.3 Å². The maximum atomic E-state index is 5.44. The van der Waals surface area contributed by atoms with Gasteiger partial charge in [-0.25, -0.2) is 0 Å². The highest BCUT2D eigenvalue weighted by Gasteiger charge is 2.17. The van der Waals surface area contributed by atoms with Crippen molar-refractivity contribution in [1.29, 1.82) is 0 Å². The van der Waals surface area contributed by atoms with Gasteiger partial charge in [-0.05, 0) is 30.2 Å². The lowest BCUT2D eigenvalue weighted by molar-refractivity contribution is 0.174. The summed E-state index contributed by atoms with van der Waals surface area (Å²) in [7, 11) is 1.99. The number of aromatic nitrogens is 3. The van der Waals surface area contributed by atoms with E-state index in [1.807, 2.05) is 35.9 Å². The third-order valence-electron chi connectivity index (χ3n) is 3.93. The maximum absolute atomic E-state index is 5.44. The second kappa shape index (κ2) is 6.57. The van der Waals surface area contributed by atoms with Gasteiger partial charge in [-0.1, -0.05) is 42.1 Å². The van der Waals surface area contributed by atoms with Crippen LogP contribution < -0.4 is 9.47 Å². The van der Waals surface area contributed by atoms with E-state index in [0.29, 0.717) is 0 Å². The third-order valence-corrected chi connectivity index (χ3v) is 4.95. The first-order valence-corrected chi connectivity index (χ1v) is 8.76. The molecule has 0 aliphatic carbocycles. The number of rotatable bonds is 5. The van der Waals surface area contributed by atoms with Crippen LogP contribution in [0, 0.1) is 0 Å². The first-order chi connectivity index (χ1) is 11.8. The van der Waals surface area contributed by atoms with Gasteiger partial charge in [0.2, 0.25) is 6.79 Å². The van der Waals surface area contributed by atoms with E-state index in [4.69, 9.17) is 9.47 Å². The van der Waals surface area contributed by atoms with Gasteiger partial charge in [0, 0.05) is 18.4 Å². The molecule has 6 heteroatoms. The Bertz CT molecular complexity index is 849. The minimum Gasteiger partial charge on any atom is -0.454 e. The van der Waals surface area contributed by atoms with Crippen LogP contribution in [0.3, 0.4) is 0 Å². The largest absolute Gasteiger partial charge is 0.454 e. The molecule has 1 aliphatic heterocycles. The van der Waals surface area contributed by atoms with Crippen LogP contribution in [0.25, 0.3) is 11.4 Å². The standard InChI is InChI=1S/C18H17N3O2S/c1-21-17(14-7-8-15-16(11-14)23-12-22-15)19-20-18(21)24-10-9-13-5-3-2-4-6-13/h2-8,11H,9-10,12H2,1H3. The molecule has 2 heterocycles. The Kier molecular flexibility index (Phi) is 4.13. The average molecular weight is 339 g/mol. The number of nitrogens with zero attached hydrogens (tertiary/aromatic N) is 3. The molecule has 0 amide bonds. The minimum atomic E-state index is 0.276. The van der Waals surface area contributed by atoms with Gasteiger partial charge in [0.1, 0.15) is 0 Å². The zero-order valence-electron chi connectivity index (χ0n) is 13.3. The van der Waals surface area contributed by atoms with Crippen molar-refractivity contribution < 1.29 is 9.47 Å². The van der Waals surface area contributed by atoms with Crippen LogP contribution in [0.5, 0.6) is 11.5 Å². The summed E-state index contributed by atoms with van der Waals surface area (Å²) in [5, 5.41) is 9.57. The summed E-state index contributed by atoms with van der Waals surface area (Å²) in [5.74, 6) is 3.33. The van der Waals surface area contributed by atoms with E-state index in [9.17, 15) is 0 Å². The number of benzene rings is 2. The van der Waals surface area contributed by atoms with Gasteiger partial charge in [-0.3, -0.25) is 0 Å². The van der Waals surface area contributed by atoms with Crippen LogP contribution in [0.2, 0.25) is 0 Å². The number of hydrogen-bond acceptors (Lipinski definition) is 5. The molecule has 0 saturated carbocycles. The third kappa shape index (κ3) is 2.97. The Labute approximate surface area is 144 Å². The number of aryl methyl sites for hydroxylation is 1. The highest BCUT2D eigenvalue weighted by Crippen LogP contribution is 2.35. The lowest BCUT2D eigenvalue weighted by atomic mass is 10.2. The van der Waals surface area contributed by atoms with Crippen LogP contribution in [0.1, 0.15) is 5.56 Å². The summed E-state index contributed by atoms with van der Waals surface area (Å²) >= 11 is 1.72. The highest BCUT2D eigenvalue weighted by molar-refractivity contribution is 7.99. The normalized spacial score (nSPS) is 12.5. The molecule has 0 saturated heterocycles. The summed E-state index contributed by atoms with van der Waals surface area (Å²) in [4.78, 5) is 0. The summed E-state index contributed by atoms with van der Waals surface area (Å²) < 4.78 is 12.8. The maximum Gasteiger partial charge on any atom is 0.231 e. The Morgan fingerprint density at radius 1 is 1.04 bits per heavy atom. The molecule has 24 heavy (non-hydrogen) atoms. The van der Waals surface area contributed by atoms with Crippen LogP contribution >= 0.6 is 11.8 Å². The lowest BCUT2D eigenvalue weighted by Crippen LogP contribution is -1.96. The predicted molar refractivity (Wildman–Crippen MR) is 93.4 cm³/mol. The van der Waals surface area contributed by atoms with E-state index in [2.05, 4.69) is 34.5 Å². The zero-order valence-corrected chi connectivity index (χ0v) is 14.1. The molecule has 2 aromatic carbocycles. The molecule has 0 bridgehead atoms. The van der Waals surface area contributed by atoms with Crippen molar-refractivity contribution in [2.75, 3.05) is 12.5 Å². The van der Waals surface area contributed by atoms with Crippen LogP contribution in [-0.2, 0) is 13.5 Å². The van der Waals surface area contributed by atoms with Gasteiger partial charge in [-0.2, -0.15) is 0 Å². The lowest BCUT2D eigenvalue weighted by Gasteiger charge is -2.05. The van der Waals surface area contributed by atoms with Crippen molar-refractivity contribution >= 4 is 11.8 Å². The first-order valence-electron chi connectivity index (χ1n) is 7.77. The summed E-state index contributed by atoms with van der Waals surface area (Å²) in [6, 6.07) is 16.3. The van der Waals surface area contributed by atoms with E-state index in [1.165, 1.54) is 5.56 Å². The van der Waals surface area contributed by atoms with E-state index in [-0.39, 0.29) is 6.79 Å². The highest BCUT2D eigenvalue weighted by atomic mass is 32.2. The molecule has 1 aliphatic rings. The quantitative estimate of drug-likeness (QED) is 0.666. The molecule has 5 nitrogen and oxygen atoms in total. The van der Waals surface area contributed by atoms with Gasteiger partial charge in [-0.15, -0.1) is 10.2 Å². The van der Waals surface area contributed by atoms with Crippen LogP contribution in [0.4, 0.5) is 0 Å². The van der Waals surface area contributed by atoms with Crippen molar-refractivity contribution in [3.8, 4) is 22.9 Å². The number of hydrogen-bond donors (Lipinski definition) is 0.